The summed E-state index contributed by atoms with van der Waals surface area (Å²) in [6, 6.07) is 29.3. The van der Waals surface area contributed by atoms with Crippen molar-refractivity contribution in [2.45, 2.75) is 0 Å². The number of ether oxygens (including phenoxy) is 3. The molecule has 170 valence electrons. The third-order valence-electron chi connectivity index (χ3n) is 5.79. The number of hydrogen-bond donors (Lipinski definition) is 0. The minimum absolute atomic E-state index is 0.148. The lowest BCUT2D eigenvalue weighted by molar-refractivity contribution is -0.607. The largest absolute Gasteiger partial charge is 0.618 e. The van der Waals surface area contributed by atoms with Gasteiger partial charge < -0.3 is 19.4 Å². The van der Waals surface area contributed by atoms with Crippen LogP contribution < -0.4 is 29.9 Å². The van der Waals surface area contributed by atoms with Gasteiger partial charge in [-0.1, -0.05) is 52.8 Å². The van der Waals surface area contributed by atoms with Crippen LogP contribution in [0.25, 0.3) is 11.5 Å². The van der Waals surface area contributed by atoms with Crippen LogP contribution in [0.3, 0.4) is 0 Å². The van der Waals surface area contributed by atoms with Crippen LogP contribution in [0.1, 0.15) is 11.3 Å². The fraction of sp³-hybridized carbons (Fsp3) is 0.107. The fourth-order valence-corrected chi connectivity index (χ4v) is 3.97. The van der Waals surface area contributed by atoms with Crippen molar-refractivity contribution in [1.82, 2.24) is 0 Å². The zero-order valence-corrected chi connectivity index (χ0v) is 19.5. The van der Waals surface area contributed by atoms with Crippen LogP contribution in [-0.4, -0.2) is 28.0 Å². The second-order valence-corrected chi connectivity index (χ2v) is 7.76. The minimum Gasteiger partial charge on any atom is -0.618 e. The van der Waals surface area contributed by atoms with Crippen molar-refractivity contribution in [3.05, 3.63) is 114 Å². The van der Waals surface area contributed by atoms with Gasteiger partial charge in [0, 0.05) is 18.2 Å². The van der Waals surface area contributed by atoms with Crippen molar-refractivity contribution in [3.8, 4) is 17.2 Å². The molecule has 0 aliphatic heterocycles. The number of pyridine rings is 1. The van der Waals surface area contributed by atoms with Gasteiger partial charge in [0.25, 0.3) is 0 Å². The zero-order chi connectivity index (χ0) is 23.9. The van der Waals surface area contributed by atoms with Crippen LogP contribution in [0.2, 0.25) is 0 Å². The standard InChI is InChI=1S/C28H26BNO4/c1-32-25-13-7-21(8-14-25)28(20-24-6-4-5-19-30(24)31)29(22-9-15-26(33-2)16-10-22)23-11-17-27(34-3)18-12-23/h4-20H,1-3H3/b28-20-. The van der Waals surface area contributed by atoms with Gasteiger partial charge in [0.1, 0.15) is 17.2 Å². The molecule has 0 aliphatic carbocycles. The summed E-state index contributed by atoms with van der Waals surface area (Å²) in [4.78, 5) is 0. The molecular weight excluding hydrogens is 425 g/mol. The van der Waals surface area contributed by atoms with Gasteiger partial charge in [-0.2, -0.15) is 4.73 Å². The molecule has 1 aromatic heterocycles. The quantitative estimate of drug-likeness (QED) is 0.233. The molecule has 1 heterocycles. The molecule has 0 atom stereocenters. The van der Waals surface area contributed by atoms with Crippen LogP contribution in [0, 0.1) is 5.21 Å². The zero-order valence-electron chi connectivity index (χ0n) is 19.5. The summed E-state index contributed by atoms with van der Waals surface area (Å²) in [6.07, 6.45) is 3.46. The number of benzene rings is 3. The first-order valence-electron chi connectivity index (χ1n) is 10.9. The van der Waals surface area contributed by atoms with Gasteiger partial charge in [0.2, 0.25) is 12.4 Å². The van der Waals surface area contributed by atoms with E-state index in [0.29, 0.717) is 5.69 Å². The average molecular weight is 451 g/mol. The molecule has 0 fully saturated rings. The number of aromatic nitrogens is 1. The van der Waals surface area contributed by atoms with Crippen LogP contribution in [0.5, 0.6) is 17.2 Å². The first-order valence-corrected chi connectivity index (χ1v) is 10.9. The molecule has 0 saturated carbocycles. The van der Waals surface area contributed by atoms with Crippen molar-refractivity contribution < 1.29 is 18.9 Å². The molecule has 0 N–H and O–H groups in total. The smallest absolute Gasteiger partial charge is 0.242 e. The van der Waals surface area contributed by atoms with Crippen molar-refractivity contribution in [1.29, 1.82) is 0 Å². The van der Waals surface area contributed by atoms with E-state index in [2.05, 4.69) is 24.3 Å². The number of methoxy groups -OCH3 is 3. The summed E-state index contributed by atoms with van der Waals surface area (Å²) in [5.74, 6) is 2.34. The first-order chi connectivity index (χ1) is 16.6. The van der Waals surface area contributed by atoms with Gasteiger partial charge in [0.05, 0.1) is 21.3 Å². The lowest BCUT2D eigenvalue weighted by Gasteiger charge is -2.20. The van der Waals surface area contributed by atoms with Crippen LogP contribution in [-0.2, 0) is 0 Å². The van der Waals surface area contributed by atoms with Crippen molar-refractivity contribution >= 4 is 29.2 Å². The van der Waals surface area contributed by atoms with E-state index in [1.807, 2.05) is 66.7 Å². The Balaban J connectivity index is 1.94. The van der Waals surface area contributed by atoms with E-state index < -0.39 is 0 Å². The van der Waals surface area contributed by atoms with E-state index in [1.54, 1.807) is 27.4 Å². The summed E-state index contributed by atoms with van der Waals surface area (Å²) >= 11 is 0. The second kappa shape index (κ2) is 10.6. The summed E-state index contributed by atoms with van der Waals surface area (Å²) < 4.78 is 17.0. The molecule has 0 radical (unpaired) electrons. The van der Waals surface area contributed by atoms with Crippen LogP contribution in [0.4, 0.5) is 0 Å². The first kappa shape index (κ1) is 23.0. The van der Waals surface area contributed by atoms with E-state index in [1.165, 1.54) is 6.20 Å². The molecule has 0 spiro atoms. The number of hydrogen-bond acceptors (Lipinski definition) is 4. The highest BCUT2D eigenvalue weighted by molar-refractivity contribution is 7.00. The lowest BCUT2D eigenvalue weighted by Crippen LogP contribution is -2.43. The number of nitrogens with zero attached hydrogens (tertiary/aromatic N) is 1. The highest BCUT2D eigenvalue weighted by Crippen LogP contribution is 2.24. The van der Waals surface area contributed by atoms with E-state index in [0.717, 1.165) is 43.9 Å². The SMILES string of the molecule is COc1ccc(B(/C(=C\c2cccc[n+]2[O-])c2ccc(OC)cc2)c2ccc(OC)cc2)cc1. The Morgan fingerprint density at radius 3 is 1.59 bits per heavy atom. The van der Waals surface area contributed by atoms with Crippen molar-refractivity contribution in [2.75, 3.05) is 21.3 Å². The highest BCUT2D eigenvalue weighted by atomic mass is 16.5. The Morgan fingerprint density at radius 1 is 0.676 bits per heavy atom. The lowest BCUT2D eigenvalue weighted by atomic mass is 9.35. The van der Waals surface area contributed by atoms with E-state index in [4.69, 9.17) is 14.2 Å². The predicted molar refractivity (Wildman–Crippen MR) is 137 cm³/mol. The summed E-state index contributed by atoms with van der Waals surface area (Å²) in [7, 11) is 4.95. The van der Waals surface area contributed by atoms with Crippen molar-refractivity contribution in [3.63, 3.8) is 0 Å². The van der Waals surface area contributed by atoms with Crippen LogP contribution in [0.15, 0.2) is 97.2 Å². The molecule has 0 saturated heterocycles. The maximum atomic E-state index is 12.6. The summed E-state index contributed by atoms with van der Waals surface area (Å²) in [5, 5.41) is 12.6. The van der Waals surface area contributed by atoms with Gasteiger partial charge in [-0.3, -0.25) is 0 Å². The third-order valence-corrected chi connectivity index (χ3v) is 5.79. The topological polar surface area (TPSA) is 54.6 Å². The highest BCUT2D eigenvalue weighted by Gasteiger charge is 2.26. The Kier molecular flexibility index (Phi) is 7.18. The summed E-state index contributed by atoms with van der Waals surface area (Å²) in [5.41, 5.74) is 4.67. The maximum Gasteiger partial charge on any atom is 0.242 e. The van der Waals surface area contributed by atoms with E-state index in [9.17, 15) is 5.21 Å². The fourth-order valence-electron chi connectivity index (χ4n) is 3.97. The molecule has 5 nitrogen and oxygen atoms in total. The van der Waals surface area contributed by atoms with Crippen LogP contribution >= 0.6 is 0 Å². The molecule has 34 heavy (non-hydrogen) atoms. The molecule has 4 rings (SSSR count). The Hall–Kier alpha value is -4.19. The number of rotatable bonds is 8. The van der Waals surface area contributed by atoms with Gasteiger partial charge in [-0.15, -0.1) is 0 Å². The molecule has 3 aromatic carbocycles. The molecule has 6 heteroatoms. The maximum absolute atomic E-state index is 12.6. The molecule has 0 amide bonds. The second-order valence-electron chi connectivity index (χ2n) is 7.76. The molecule has 0 aliphatic rings. The Labute approximate surface area is 200 Å². The molecule has 0 unspecified atom stereocenters. The molecule has 4 aromatic rings. The molecule has 0 bridgehead atoms. The van der Waals surface area contributed by atoms with Gasteiger partial charge in [0.15, 0.2) is 6.20 Å². The Morgan fingerprint density at radius 2 is 1.15 bits per heavy atom. The monoisotopic (exact) mass is 451 g/mol. The Bertz CT molecular complexity index is 1210. The van der Waals surface area contributed by atoms with E-state index in [-0.39, 0.29) is 6.71 Å². The molecular formula is C28H26BNO4. The average Bonchev–Trinajstić information content (AvgIpc) is 2.90. The summed E-state index contributed by atoms with van der Waals surface area (Å²) in [6.45, 7) is -0.148. The minimum atomic E-state index is -0.148. The van der Waals surface area contributed by atoms with Gasteiger partial charge >= 0.3 is 0 Å². The third kappa shape index (κ3) is 5.07. The van der Waals surface area contributed by atoms with Gasteiger partial charge in [-0.25, -0.2) is 0 Å². The predicted octanol–water partition coefficient (Wildman–Crippen LogP) is 3.73. The van der Waals surface area contributed by atoms with Crippen molar-refractivity contribution in [2.24, 2.45) is 0 Å². The van der Waals surface area contributed by atoms with Gasteiger partial charge in [-0.05, 0) is 48.0 Å². The normalized spacial score (nSPS) is 11.1. The van der Waals surface area contributed by atoms with E-state index >= 15 is 0 Å².